The molecule has 1 N–H and O–H groups in total. The van der Waals surface area contributed by atoms with Crippen molar-refractivity contribution in [3.8, 4) is 12.3 Å². The molecule has 2 rings (SSSR count). The molecule has 2 aromatic carbocycles. The van der Waals surface area contributed by atoms with Crippen LogP contribution >= 0.6 is 0 Å². The van der Waals surface area contributed by atoms with E-state index in [-0.39, 0.29) is 6.04 Å². The number of hydrogen-bond acceptors (Lipinski definition) is 1. The van der Waals surface area contributed by atoms with Gasteiger partial charge in [0.2, 0.25) is 0 Å². The van der Waals surface area contributed by atoms with Crippen LogP contribution in [-0.4, -0.2) is 0 Å². The average molecular weight is 249 g/mol. The highest BCUT2D eigenvalue weighted by molar-refractivity contribution is 5.51. The Labute approximate surface area is 115 Å². The van der Waals surface area contributed by atoms with Crippen molar-refractivity contribution in [3.05, 3.63) is 64.7 Å². The Bertz CT molecular complexity index is 620. The van der Waals surface area contributed by atoms with E-state index in [1.807, 2.05) is 24.3 Å². The minimum atomic E-state index is 0.258. The Morgan fingerprint density at radius 1 is 1.11 bits per heavy atom. The molecule has 96 valence electrons. The van der Waals surface area contributed by atoms with E-state index in [1.54, 1.807) is 0 Å². The maximum Gasteiger partial charge on any atom is 0.0488 e. The first-order chi connectivity index (χ1) is 9.10. The monoisotopic (exact) mass is 249 g/mol. The summed E-state index contributed by atoms with van der Waals surface area (Å²) in [5, 5.41) is 3.50. The van der Waals surface area contributed by atoms with Crippen LogP contribution in [0.5, 0.6) is 0 Å². The van der Waals surface area contributed by atoms with Crippen LogP contribution in [0.4, 0.5) is 5.69 Å². The summed E-state index contributed by atoms with van der Waals surface area (Å²) in [6.07, 6.45) is 5.42. The van der Waals surface area contributed by atoms with Gasteiger partial charge in [0, 0.05) is 17.3 Å². The van der Waals surface area contributed by atoms with Gasteiger partial charge < -0.3 is 5.32 Å². The lowest BCUT2D eigenvalue weighted by Crippen LogP contribution is -2.08. The number of benzene rings is 2. The largest absolute Gasteiger partial charge is 0.378 e. The molecule has 0 aliphatic rings. The highest BCUT2D eigenvalue weighted by atomic mass is 14.9. The van der Waals surface area contributed by atoms with Crippen molar-refractivity contribution in [1.82, 2.24) is 0 Å². The lowest BCUT2D eigenvalue weighted by Gasteiger charge is -2.18. The molecule has 1 heteroatoms. The van der Waals surface area contributed by atoms with Gasteiger partial charge in [-0.15, -0.1) is 6.42 Å². The Kier molecular flexibility index (Phi) is 3.92. The van der Waals surface area contributed by atoms with Gasteiger partial charge in [-0.1, -0.05) is 35.7 Å². The van der Waals surface area contributed by atoms with E-state index in [9.17, 15) is 0 Å². The number of hydrogen-bond donors (Lipinski definition) is 1. The third-order valence-corrected chi connectivity index (χ3v) is 3.30. The average Bonchev–Trinajstić information content (AvgIpc) is 2.38. The molecule has 0 spiro atoms. The molecule has 0 saturated heterocycles. The number of rotatable bonds is 3. The fraction of sp³-hybridized carbons (Fsp3) is 0.222. The SMILES string of the molecule is C#Cc1cccc(NC(C)c2ccc(C)cc2C)c1. The van der Waals surface area contributed by atoms with E-state index in [0.29, 0.717) is 0 Å². The van der Waals surface area contributed by atoms with Crippen molar-refractivity contribution in [1.29, 1.82) is 0 Å². The molecule has 0 radical (unpaired) electrons. The first-order valence-corrected chi connectivity index (χ1v) is 6.50. The zero-order valence-electron chi connectivity index (χ0n) is 11.7. The molecule has 0 saturated carbocycles. The maximum atomic E-state index is 5.42. The molecule has 19 heavy (non-hydrogen) atoms. The van der Waals surface area contributed by atoms with Gasteiger partial charge in [0.25, 0.3) is 0 Å². The van der Waals surface area contributed by atoms with Gasteiger partial charge in [-0.2, -0.15) is 0 Å². The second-order valence-electron chi connectivity index (χ2n) is 4.95. The quantitative estimate of drug-likeness (QED) is 0.792. The molecule has 0 aliphatic heterocycles. The maximum absolute atomic E-state index is 5.42. The van der Waals surface area contributed by atoms with Crippen molar-refractivity contribution in [2.24, 2.45) is 0 Å². The number of anilines is 1. The molecule has 1 nitrogen and oxygen atoms in total. The third kappa shape index (κ3) is 3.17. The van der Waals surface area contributed by atoms with E-state index < -0.39 is 0 Å². The minimum absolute atomic E-state index is 0.258. The molecule has 0 heterocycles. The summed E-state index contributed by atoms with van der Waals surface area (Å²) in [6.45, 7) is 6.43. The van der Waals surface area contributed by atoms with Gasteiger partial charge >= 0.3 is 0 Å². The highest BCUT2D eigenvalue weighted by Crippen LogP contribution is 2.23. The zero-order valence-corrected chi connectivity index (χ0v) is 11.7. The summed E-state index contributed by atoms with van der Waals surface area (Å²) < 4.78 is 0. The van der Waals surface area contributed by atoms with E-state index in [2.05, 4.69) is 50.2 Å². The van der Waals surface area contributed by atoms with Crippen LogP contribution in [-0.2, 0) is 0 Å². The van der Waals surface area contributed by atoms with Gasteiger partial charge in [-0.05, 0) is 50.1 Å². The van der Waals surface area contributed by atoms with Gasteiger partial charge in [-0.3, -0.25) is 0 Å². The predicted octanol–water partition coefficient (Wildman–Crippen LogP) is 4.46. The van der Waals surface area contributed by atoms with E-state index in [0.717, 1.165) is 11.3 Å². The minimum Gasteiger partial charge on any atom is -0.378 e. The third-order valence-electron chi connectivity index (χ3n) is 3.30. The fourth-order valence-electron chi connectivity index (χ4n) is 2.34. The molecular formula is C18H19N. The smallest absolute Gasteiger partial charge is 0.0488 e. The van der Waals surface area contributed by atoms with Crippen LogP contribution in [0.2, 0.25) is 0 Å². The molecule has 0 amide bonds. The van der Waals surface area contributed by atoms with Gasteiger partial charge in [0.05, 0.1) is 0 Å². The Hall–Kier alpha value is -2.20. The van der Waals surface area contributed by atoms with E-state index in [4.69, 9.17) is 6.42 Å². The molecule has 0 fully saturated rings. The first-order valence-electron chi connectivity index (χ1n) is 6.50. The number of terminal acetylenes is 1. The molecule has 1 atom stereocenters. The summed E-state index contributed by atoms with van der Waals surface area (Å²) >= 11 is 0. The molecule has 0 bridgehead atoms. The Morgan fingerprint density at radius 3 is 2.58 bits per heavy atom. The van der Waals surface area contributed by atoms with Crippen LogP contribution < -0.4 is 5.32 Å². The lowest BCUT2D eigenvalue weighted by atomic mass is 10.00. The normalized spacial score (nSPS) is 11.7. The topological polar surface area (TPSA) is 12.0 Å². The molecular weight excluding hydrogens is 230 g/mol. The van der Waals surface area contributed by atoms with E-state index in [1.165, 1.54) is 16.7 Å². The van der Waals surface area contributed by atoms with Crippen LogP contribution in [0.15, 0.2) is 42.5 Å². The van der Waals surface area contributed by atoms with Crippen LogP contribution in [0.3, 0.4) is 0 Å². The van der Waals surface area contributed by atoms with Gasteiger partial charge in [0.15, 0.2) is 0 Å². The molecule has 0 aliphatic carbocycles. The van der Waals surface area contributed by atoms with Gasteiger partial charge in [0.1, 0.15) is 0 Å². The van der Waals surface area contributed by atoms with Gasteiger partial charge in [-0.25, -0.2) is 0 Å². The second-order valence-corrected chi connectivity index (χ2v) is 4.95. The van der Waals surface area contributed by atoms with Crippen molar-refractivity contribution in [2.75, 3.05) is 5.32 Å². The summed E-state index contributed by atoms with van der Waals surface area (Å²) in [4.78, 5) is 0. The summed E-state index contributed by atoms with van der Waals surface area (Å²) in [5.74, 6) is 2.66. The van der Waals surface area contributed by atoms with Crippen molar-refractivity contribution in [2.45, 2.75) is 26.8 Å². The van der Waals surface area contributed by atoms with Crippen LogP contribution in [0.1, 0.15) is 35.2 Å². The molecule has 0 aromatic heterocycles. The number of nitrogens with one attached hydrogen (secondary N) is 1. The summed E-state index contributed by atoms with van der Waals surface area (Å²) in [5.41, 5.74) is 5.88. The molecule has 2 aromatic rings. The van der Waals surface area contributed by atoms with E-state index >= 15 is 0 Å². The zero-order chi connectivity index (χ0) is 13.8. The Balaban J connectivity index is 2.20. The van der Waals surface area contributed by atoms with Crippen molar-refractivity contribution >= 4 is 5.69 Å². The molecule has 1 unspecified atom stereocenters. The predicted molar refractivity (Wildman–Crippen MR) is 82.3 cm³/mol. The van der Waals surface area contributed by atoms with Crippen molar-refractivity contribution < 1.29 is 0 Å². The first kappa shape index (κ1) is 13.2. The standard InChI is InChI=1S/C18H19N/c1-5-16-7-6-8-17(12-16)19-15(4)18-10-9-13(2)11-14(18)3/h1,6-12,15,19H,2-4H3. The Morgan fingerprint density at radius 2 is 1.89 bits per heavy atom. The number of aryl methyl sites for hydroxylation is 2. The summed E-state index contributed by atoms with van der Waals surface area (Å²) in [7, 11) is 0. The lowest BCUT2D eigenvalue weighted by molar-refractivity contribution is 0.873. The summed E-state index contributed by atoms with van der Waals surface area (Å²) in [6, 6.07) is 14.8. The van der Waals surface area contributed by atoms with Crippen LogP contribution in [0.25, 0.3) is 0 Å². The fourth-order valence-corrected chi connectivity index (χ4v) is 2.34. The van der Waals surface area contributed by atoms with Crippen molar-refractivity contribution in [3.63, 3.8) is 0 Å². The second kappa shape index (κ2) is 5.63. The van der Waals surface area contributed by atoms with Crippen LogP contribution in [0, 0.1) is 26.2 Å². The highest BCUT2D eigenvalue weighted by Gasteiger charge is 2.08.